The zero-order chi connectivity index (χ0) is 9.90. The van der Waals surface area contributed by atoms with Crippen molar-refractivity contribution < 1.29 is 0 Å². The minimum absolute atomic E-state index is 0.258. The van der Waals surface area contributed by atoms with E-state index in [0.717, 1.165) is 8.68 Å². The number of thioether (sulfide) groups is 1. The highest BCUT2D eigenvalue weighted by molar-refractivity contribution is 8.02. The minimum Gasteiger partial charge on any atom is -0.131 e. The van der Waals surface area contributed by atoms with Crippen LogP contribution in [-0.4, -0.2) is 14.9 Å². The molecule has 0 fully saturated rings. The highest BCUT2D eigenvalue weighted by Crippen LogP contribution is 2.37. The third-order valence-corrected chi connectivity index (χ3v) is 4.01. The Morgan fingerprint density at radius 3 is 2.62 bits per heavy atom. The highest BCUT2D eigenvalue weighted by atomic mass is 32.2. The molecule has 0 atom stereocenters. The molecule has 1 rings (SSSR count). The number of nitrogens with zero attached hydrogens (tertiary/aromatic N) is 2. The van der Waals surface area contributed by atoms with Crippen molar-refractivity contribution in [2.24, 2.45) is 0 Å². The molecular weight excluding hydrogens is 220 g/mol. The van der Waals surface area contributed by atoms with E-state index in [2.05, 4.69) is 43.6 Å². The molecule has 74 valence electrons. The van der Waals surface area contributed by atoms with Gasteiger partial charge in [-0.25, -0.2) is 0 Å². The lowest BCUT2D eigenvalue weighted by Gasteiger charge is -2.20. The van der Waals surface area contributed by atoms with Crippen LogP contribution in [0, 0.1) is 0 Å². The van der Waals surface area contributed by atoms with Crippen molar-refractivity contribution in [1.29, 1.82) is 0 Å². The lowest BCUT2D eigenvalue weighted by atomic mass is 10.1. The Labute approximate surface area is 92.9 Å². The van der Waals surface area contributed by atoms with Crippen molar-refractivity contribution in [1.82, 2.24) is 10.2 Å². The second kappa shape index (κ2) is 4.66. The largest absolute Gasteiger partial charge is 0.175 e. The van der Waals surface area contributed by atoms with Crippen molar-refractivity contribution in [2.75, 3.05) is 0 Å². The molecule has 0 unspecified atom stereocenters. The summed E-state index contributed by atoms with van der Waals surface area (Å²) < 4.78 is 2.02. The standard InChI is InChI=1S/C8H14N2S3/c1-4-5-8(2,3)13-7-10-9-6(11)12-7/h4-5H2,1-3H3,(H,9,11). The van der Waals surface area contributed by atoms with Gasteiger partial charge in [0.25, 0.3) is 0 Å². The van der Waals surface area contributed by atoms with Crippen molar-refractivity contribution in [3.05, 3.63) is 0 Å². The summed E-state index contributed by atoms with van der Waals surface area (Å²) in [5.41, 5.74) is 0. The second-order valence-electron chi connectivity index (χ2n) is 3.46. The Morgan fingerprint density at radius 1 is 1.46 bits per heavy atom. The molecule has 5 heteroatoms. The van der Waals surface area contributed by atoms with Gasteiger partial charge >= 0.3 is 0 Å². The molecule has 0 bridgehead atoms. The van der Waals surface area contributed by atoms with Crippen LogP contribution in [0.15, 0.2) is 8.68 Å². The summed E-state index contributed by atoms with van der Waals surface area (Å²) >= 11 is 7.47. The van der Waals surface area contributed by atoms with Crippen LogP contribution in [0.25, 0.3) is 0 Å². The van der Waals surface area contributed by atoms with Crippen molar-refractivity contribution in [3.8, 4) is 0 Å². The van der Waals surface area contributed by atoms with Crippen molar-refractivity contribution in [3.63, 3.8) is 0 Å². The topological polar surface area (TPSA) is 25.8 Å². The first-order chi connectivity index (χ1) is 6.03. The third-order valence-electron chi connectivity index (χ3n) is 1.61. The molecule has 2 nitrogen and oxygen atoms in total. The van der Waals surface area contributed by atoms with Gasteiger partial charge in [-0.1, -0.05) is 50.3 Å². The zero-order valence-electron chi connectivity index (χ0n) is 8.07. The summed E-state index contributed by atoms with van der Waals surface area (Å²) in [7, 11) is 0. The van der Waals surface area contributed by atoms with E-state index in [0.29, 0.717) is 0 Å². The minimum atomic E-state index is 0.258. The monoisotopic (exact) mass is 234 g/mol. The molecule has 1 aromatic rings. The third kappa shape index (κ3) is 3.87. The molecule has 0 N–H and O–H groups in total. The molecule has 1 heterocycles. The molecule has 0 saturated heterocycles. The van der Waals surface area contributed by atoms with E-state index in [9.17, 15) is 0 Å². The Bertz CT molecular complexity index is 270. The molecule has 0 aliphatic heterocycles. The van der Waals surface area contributed by atoms with E-state index >= 15 is 0 Å². The number of hydrogen-bond donors (Lipinski definition) is 1. The molecule has 0 amide bonds. The molecule has 13 heavy (non-hydrogen) atoms. The fraction of sp³-hybridized carbons (Fsp3) is 0.750. The van der Waals surface area contributed by atoms with Crippen molar-refractivity contribution >= 4 is 35.7 Å². The summed E-state index contributed by atoms with van der Waals surface area (Å²) in [4.78, 5) is 0. The van der Waals surface area contributed by atoms with Crippen LogP contribution in [0.4, 0.5) is 0 Å². The van der Waals surface area contributed by atoms with E-state index in [1.807, 2.05) is 0 Å². The average Bonchev–Trinajstić information content (AvgIpc) is 2.34. The smallest absolute Gasteiger partial charge is 0.131 e. The maximum Gasteiger partial charge on any atom is 0.175 e. The molecule has 0 spiro atoms. The van der Waals surface area contributed by atoms with Gasteiger partial charge in [0.2, 0.25) is 0 Å². The summed E-state index contributed by atoms with van der Waals surface area (Å²) in [5.74, 6) is 0. The van der Waals surface area contributed by atoms with Gasteiger partial charge < -0.3 is 0 Å². The van der Waals surface area contributed by atoms with E-state index in [1.165, 1.54) is 12.8 Å². The Hall–Kier alpha value is 0.260. The molecule has 1 aromatic heterocycles. The Kier molecular flexibility index (Phi) is 4.06. The van der Waals surface area contributed by atoms with Crippen LogP contribution >= 0.6 is 35.7 Å². The molecular formula is C8H14N2S3. The van der Waals surface area contributed by atoms with E-state index in [1.54, 1.807) is 23.1 Å². The number of thiol groups is 1. The van der Waals surface area contributed by atoms with Gasteiger partial charge in [-0.3, -0.25) is 0 Å². The normalized spacial score (nSPS) is 12.0. The number of aromatic nitrogens is 2. The van der Waals surface area contributed by atoms with Gasteiger partial charge in [-0.15, -0.1) is 22.8 Å². The molecule has 0 aliphatic carbocycles. The number of rotatable bonds is 4. The first-order valence-electron chi connectivity index (χ1n) is 4.25. The summed E-state index contributed by atoms with van der Waals surface area (Å²) in [5, 5.41) is 7.91. The first kappa shape index (κ1) is 11.3. The lowest BCUT2D eigenvalue weighted by Crippen LogP contribution is -2.13. The van der Waals surface area contributed by atoms with Gasteiger partial charge in [-0.2, -0.15) is 0 Å². The van der Waals surface area contributed by atoms with E-state index < -0.39 is 0 Å². The predicted molar refractivity (Wildman–Crippen MR) is 62.0 cm³/mol. The van der Waals surface area contributed by atoms with Crippen LogP contribution in [0.1, 0.15) is 33.6 Å². The van der Waals surface area contributed by atoms with Gasteiger partial charge in [-0.05, 0) is 6.42 Å². The van der Waals surface area contributed by atoms with Crippen LogP contribution in [-0.2, 0) is 0 Å². The zero-order valence-corrected chi connectivity index (χ0v) is 10.6. The average molecular weight is 234 g/mol. The second-order valence-corrected chi connectivity index (χ2v) is 7.12. The Morgan fingerprint density at radius 2 is 2.15 bits per heavy atom. The predicted octanol–water partition coefficient (Wildman–Crippen LogP) is 3.50. The summed E-state index contributed by atoms with van der Waals surface area (Å²) in [6.45, 7) is 6.67. The van der Waals surface area contributed by atoms with Crippen LogP contribution in [0.3, 0.4) is 0 Å². The fourth-order valence-electron chi connectivity index (χ4n) is 1.13. The molecule has 0 saturated carbocycles. The van der Waals surface area contributed by atoms with Gasteiger partial charge in [0, 0.05) is 4.75 Å². The first-order valence-corrected chi connectivity index (χ1v) is 6.33. The van der Waals surface area contributed by atoms with Gasteiger partial charge in [0.15, 0.2) is 8.68 Å². The van der Waals surface area contributed by atoms with Gasteiger partial charge in [0.05, 0.1) is 0 Å². The lowest BCUT2D eigenvalue weighted by molar-refractivity contribution is 0.626. The molecule has 0 aromatic carbocycles. The van der Waals surface area contributed by atoms with Crippen LogP contribution in [0.2, 0.25) is 0 Å². The van der Waals surface area contributed by atoms with E-state index in [-0.39, 0.29) is 4.75 Å². The van der Waals surface area contributed by atoms with Crippen LogP contribution < -0.4 is 0 Å². The molecule has 0 aliphatic rings. The maximum atomic E-state index is 4.14. The van der Waals surface area contributed by atoms with Crippen LogP contribution in [0.5, 0.6) is 0 Å². The summed E-state index contributed by atoms with van der Waals surface area (Å²) in [6.07, 6.45) is 2.39. The van der Waals surface area contributed by atoms with E-state index in [4.69, 9.17) is 0 Å². The maximum absolute atomic E-state index is 4.14. The SMILES string of the molecule is CCCC(C)(C)Sc1nnc(S)s1. The quantitative estimate of drug-likeness (QED) is 0.638. The fourth-order valence-corrected chi connectivity index (χ4v) is 3.88. The molecule has 0 radical (unpaired) electrons. The summed E-state index contributed by atoms with van der Waals surface area (Å²) in [6, 6.07) is 0. The van der Waals surface area contributed by atoms with Crippen molar-refractivity contribution in [2.45, 2.75) is 47.0 Å². The number of hydrogen-bond acceptors (Lipinski definition) is 5. The Balaban J connectivity index is 2.57. The van der Waals surface area contributed by atoms with Gasteiger partial charge in [0.1, 0.15) is 0 Å². The highest BCUT2D eigenvalue weighted by Gasteiger charge is 2.20.